The Balaban J connectivity index is 1.98. The van der Waals surface area contributed by atoms with E-state index < -0.39 is 0 Å². The van der Waals surface area contributed by atoms with Crippen LogP contribution in [-0.2, 0) is 13.0 Å². The summed E-state index contributed by atoms with van der Waals surface area (Å²) in [6.45, 7) is 2.52. The number of thioether (sulfide) groups is 2. The zero-order valence-electron chi connectivity index (χ0n) is 11.7. The van der Waals surface area contributed by atoms with Crippen molar-refractivity contribution in [1.29, 1.82) is 10.8 Å². The molecule has 0 aliphatic carbocycles. The van der Waals surface area contributed by atoms with Crippen LogP contribution in [0, 0.1) is 10.8 Å². The Labute approximate surface area is 131 Å². The molecule has 9 heteroatoms. The Kier molecular flexibility index (Phi) is 5.57. The van der Waals surface area contributed by atoms with E-state index in [0.29, 0.717) is 28.7 Å². The molecule has 0 spiro atoms. The Morgan fingerprint density at radius 3 is 2.86 bits per heavy atom. The summed E-state index contributed by atoms with van der Waals surface area (Å²) in [5.74, 6) is 2.22. The smallest absolute Gasteiger partial charge is 0.184 e. The lowest BCUT2D eigenvalue weighted by Gasteiger charge is -1.99. The van der Waals surface area contributed by atoms with Crippen molar-refractivity contribution in [2.24, 2.45) is 5.73 Å². The predicted molar refractivity (Wildman–Crippen MR) is 89.3 cm³/mol. The van der Waals surface area contributed by atoms with E-state index in [2.05, 4.69) is 15.1 Å². The van der Waals surface area contributed by atoms with Crippen LogP contribution in [0.3, 0.4) is 0 Å². The summed E-state index contributed by atoms with van der Waals surface area (Å²) >= 11 is 2.79. The molecule has 7 nitrogen and oxygen atoms in total. The number of rotatable bonds is 6. The fraction of sp³-hybridized carbons (Fsp3) is 0.417. The maximum Gasteiger partial charge on any atom is 0.184 e. The maximum absolute atomic E-state index is 7.38. The monoisotopic (exact) mass is 323 g/mol. The number of aryl methyl sites for hydroxylation is 2. The van der Waals surface area contributed by atoms with Gasteiger partial charge in [-0.2, -0.15) is 5.10 Å². The largest absolute Gasteiger partial charge is 0.379 e. The normalized spacial score (nSPS) is 10.9. The van der Waals surface area contributed by atoms with Gasteiger partial charge >= 0.3 is 0 Å². The van der Waals surface area contributed by atoms with Gasteiger partial charge in [-0.1, -0.05) is 11.8 Å². The highest BCUT2D eigenvalue weighted by atomic mass is 32.2. The van der Waals surface area contributed by atoms with Gasteiger partial charge in [0.05, 0.1) is 17.0 Å². The van der Waals surface area contributed by atoms with Gasteiger partial charge in [-0.25, -0.2) is 9.97 Å². The summed E-state index contributed by atoms with van der Waals surface area (Å²) in [5, 5.41) is 20.6. The molecule has 21 heavy (non-hydrogen) atoms. The molecule has 2 heterocycles. The molecule has 0 radical (unpaired) electrons. The molecule has 0 bridgehead atoms. The standard InChI is InChI=1S/C12H17N7S2/c1-8(13)20-5-3-19-7-9-6-16-10(17-11(9)18-19)2-4-21-12(14)15/h6-7,13H,2-5H2,1H3,(H3,14,15). The summed E-state index contributed by atoms with van der Waals surface area (Å²) in [4.78, 5) is 8.72. The van der Waals surface area contributed by atoms with E-state index in [1.165, 1.54) is 23.5 Å². The van der Waals surface area contributed by atoms with Crippen molar-refractivity contribution < 1.29 is 0 Å². The van der Waals surface area contributed by atoms with E-state index in [1.54, 1.807) is 13.1 Å². The third-order valence-electron chi connectivity index (χ3n) is 2.58. The minimum Gasteiger partial charge on any atom is -0.379 e. The highest BCUT2D eigenvalue weighted by Crippen LogP contribution is 2.11. The van der Waals surface area contributed by atoms with Crippen LogP contribution in [0.1, 0.15) is 12.7 Å². The molecule has 0 saturated carbocycles. The number of nitrogens with one attached hydrogen (secondary N) is 2. The van der Waals surface area contributed by atoms with Gasteiger partial charge in [0.25, 0.3) is 0 Å². The lowest BCUT2D eigenvalue weighted by molar-refractivity contribution is 0.672. The summed E-state index contributed by atoms with van der Waals surface area (Å²) in [7, 11) is 0. The number of amidine groups is 1. The second kappa shape index (κ2) is 7.41. The lowest BCUT2D eigenvalue weighted by atomic mass is 10.4. The number of nitrogens with zero attached hydrogens (tertiary/aromatic N) is 4. The van der Waals surface area contributed by atoms with Crippen LogP contribution in [0.5, 0.6) is 0 Å². The van der Waals surface area contributed by atoms with E-state index in [9.17, 15) is 0 Å². The molecule has 0 aliphatic rings. The molecule has 2 aromatic rings. The van der Waals surface area contributed by atoms with Crippen LogP contribution in [0.2, 0.25) is 0 Å². The topological polar surface area (TPSA) is 117 Å². The van der Waals surface area contributed by atoms with Crippen molar-refractivity contribution in [3.63, 3.8) is 0 Å². The van der Waals surface area contributed by atoms with Crippen molar-refractivity contribution in [2.45, 2.75) is 19.9 Å². The number of hydrogen-bond acceptors (Lipinski definition) is 7. The van der Waals surface area contributed by atoms with E-state index in [-0.39, 0.29) is 5.17 Å². The first-order valence-electron chi connectivity index (χ1n) is 6.38. The third kappa shape index (κ3) is 5.01. The minimum absolute atomic E-state index is 0.111. The Hall–Kier alpha value is -1.61. The SMILES string of the molecule is CC(=N)SCCn1cc2cnc(CCSC(=N)N)nc2n1. The molecule has 112 valence electrons. The van der Waals surface area contributed by atoms with E-state index in [1.807, 2.05) is 10.9 Å². The molecule has 4 N–H and O–H groups in total. The molecular formula is C12H17N7S2. The summed E-state index contributed by atoms with van der Waals surface area (Å²) in [5.41, 5.74) is 5.98. The number of nitrogens with two attached hydrogens (primary N) is 1. The van der Waals surface area contributed by atoms with Crippen LogP contribution in [0.4, 0.5) is 0 Å². The molecular weight excluding hydrogens is 306 g/mol. The van der Waals surface area contributed by atoms with Crippen molar-refractivity contribution in [2.75, 3.05) is 11.5 Å². The van der Waals surface area contributed by atoms with Crippen molar-refractivity contribution in [1.82, 2.24) is 19.7 Å². The van der Waals surface area contributed by atoms with Gasteiger partial charge in [-0.15, -0.1) is 11.8 Å². The van der Waals surface area contributed by atoms with Crippen LogP contribution >= 0.6 is 23.5 Å². The van der Waals surface area contributed by atoms with Crippen molar-refractivity contribution >= 4 is 44.8 Å². The molecule has 2 rings (SSSR count). The van der Waals surface area contributed by atoms with Gasteiger partial charge in [0.2, 0.25) is 0 Å². The molecule has 0 aromatic carbocycles. The maximum atomic E-state index is 7.38. The van der Waals surface area contributed by atoms with Crippen molar-refractivity contribution in [3.05, 3.63) is 18.2 Å². The zero-order valence-corrected chi connectivity index (χ0v) is 13.3. The summed E-state index contributed by atoms with van der Waals surface area (Å²) in [6, 6.07) is 0. The average molecular weight is 323 g/mol. The first kappa shape index (κ1) is 15.8. The number of hydrogen-bond donors (Lipinski definition) is 3. The second-order valence-corrected chi connectivity index (χ2v) is 6.77. The molecule has 0 fully saturated rings. The van der Waals surface area contributed by atoms with E-state index in [4.69, 9.17) is 16.6 Å². The van der Waals surface area contributed by atoms with Crippen LogP contribution < -0.4 is 5.73 Å². The average Bonchev–Trinajstić information content (AvgIpc) is 2.79. The molecule has 0 atom stereocenters. The third-order valence-corrected chi connectivity index (χ3v) is 4.12. The van der Waals surface area contributed by atoms with Gasteiger partial charge in [0.15, 0.2) is 10.8 Å². The highest BCUT2D eigenvalue weighted by Gasteiger charge is 2.05. The number of aromatic nitrogens is 4. The fourth-order valence-electron chi connectivity index (χ4n) is 1.68. The van der Waals surface area contributed by atoms with Gasteiger partial charge < -0.3 is 5.73 Å². The van der Waals surface area contributed by atoms with Crippen LogP contribution in [0.15, 0.2) is 12.4 Å². The molecule has 0 aliphatic heterocycles. The predicted octanol–water partition coefficient (Wildman–Crippen LogP) is 1.73. The highest BCUT2D eigenvalue weighted by molar-refractivity contribution is 8.13. The van der Waals surface area contributed by atoms with Gasteiger partial charge in [0.1, 0.15) is 5.82 Å². The molecule has 0 saturated heterocycles. The Bertz CT molecular complexity index is 634. The van der Waals surface area contributed by atoms with Gasteiger partial charge in [-0.05, 0) is 6.92 Å². The first-order chi connectivity index (χ1) is 10.0. The van der Waals surface area contributed by atoms with Crippen LogP contribution in [0.25, 0.3) is 11.0 Å². The van der Waals surface area contributed by atoms with Crippen LogP contribution in [-0.4, -0.2) is 41.5 Å². The molecule has 0 amide bonds. The Morgan fingerprint density at radius 2 is 2.14 bits per heavy atom. The quantitative estimate of drug-likeness (QED) is 0.550. The van der Waals surface area contributed by atoms with E-state index in [0.717, 1.165) is 17.7 Å². The van der Waals surface area contributed by atoms with Gasteiger partial charge in [0, 0.05) is 30.3 Å². The fourth-order valence-corrected chi connectivity index (χ4v) is 2.77. The van der Waals surface area contributed by atoms with Gasteiger partial charge in [-0.3, -0.25) is 15.5 Å². The molecule has 2 aromatic heterocycles. The summed E-state index contributed by atoms with van der Waals surface area (Å²) in [6.07, 6.45) is 4.35. The summed E-state index contributed by atoms with van der Waals surface area (Å²) < 4.78 is 1.84. The second-order valence-electron chi connectivity index (χ2n) is 4.32. The molecule has 0 unspecified atom stereocenters. The van der Waals surface area contributed by atoms with Crippen molar-refractivity contribution in [3.8, 4) is 0 Å². The van der Waals surface area contributed by atoms with E-state index >= 15 is 0 Å². The zero-order chi connectivity index (χ0) is 15.2. The first-order valence-corrected chi connectivity index (χ1v) is 8.35. The minimum atomic E-state index is 0.111. The lowest BCUT2D eigenvalue weighted by Crippen LogP contribution is -2.06. The Morgan fingerprint density at radius 1 is 1.33 bits per heavy atom. The number of fused-ring (bicyclic) bond motifs is 1.